The minimum atomic E-state index is -1.33. The third kappa shape index (κ3) is 7.62. The van der Waals surface area contributed by atoms with Crippen LogP contribution >= 0.6 is 11.3 Å². The molecule has 0 aliphatic heterocycles. The number of hydrogen-bond donors (Lipinski definition) is 2. The number of nitrogens with one attached hydrogen (secondary N) is 1. The van der Waals surface area contributed by atoms with Gasteiger partial charge in [-0.05, 0) is 20.8 Å². The molecule has 0 saturated heterocycles. The Labute approximate surface area is 275 Å². The number of nitrogens with zero attached hydrogens (tertiary/aromatic N) is 2. The summed E-state index contributed by atoms with van der Waals surface area (Å²) in [5, 5.41) is 18.4. The van der Waals surface area contributed by atoms with Crippen molar-refractivity contribution < 1.29 is 77.1 Å². The second-order valence-corrected chi connectivity index (χ2v) is 10.1. The number of ether oxygens (including phenoxy) is 1. The molecule has 0 unspecified atom stereocenters. The number of carbonyl (C=O) groups is 2. The molecule has 4 rings (SSSR count). The van der Waals surface area contributed by atoms with E-state index in [-0.39, 0.29) is 63.6 Å². The fraction of sp³-hybridized carbons (Fsp3) is 0.172. The largest absolute Gasteiger partial charge is 1.00 e. The Morgan fingerprint density at radius 1 is 0.872 bits per heavy atom. The average molecular weight is 570 g/mol. The second kappa shape index (κ2) is 13.5. The van der Waals surface area contributed by atoms with E-state index < -0.39 is 29.0 Å². The third-order valence-corrected chi connectivity index (χ3v) is 6.13. The van der Waals surface area contributed by atoms with Crippen LogP contribution < -0.4 is 56.7 Å². The van der Waals surface area contributed by atoms with Crippen LogP contribution in [0.2, 0.25) is 0 Å². The Balaban J connectivity index is 0.00000280. The number of benzene rings is 3. The van der Waals surface area contributed by atoms with E-state index in [1.165, 1.54) is 5.38 Å². The predicted molar refractivity (Wildman–Crippen MR) is 148 cm³/mol. The van der Waals surface area contributed by atoms with E-state index in [9.17, 15) is 14.7 Å². The van der Waals surface area contributed by atoms with Gasteiger partial charge in [0.2, 0.25) is 11.3 Å². The van der Waals surface area contributed by atoms with E-state index in [0.717, 1.165) is 28.0 Å². The maximum atomic E-state index is 12.3. The molecule has 0 aliphatic carbocycles. The van der Waals surface area contributed by atoms with E-state index in [1.807, 2.05) is 91.0 Å². The molecular formula is C29H28KN3O5S. The first kappa shape index (κ1) is 30.7. The van der Waals surface area contributed by atoms with E-state index in [4.69, 9.17) is 9.57 Å². The van der Waals surface area contributed by atoms with Crippen LogP contribution in [-0.2, 0) is 20.0 Å². The van der Waals surface area contributed by atoms with Crippen LogP contribution in [0.15, 0.2) is 102 Å². The molecule has 0 bridgehead atoms. The van der Waals surface area contributed by atoms with Crippen molar-refractivity contribution in [2.75, 3.05) is 5.32 Å². The molecule has 0 atom stereocenters. The van der Waals surface area contributed by atoms with Crippen molar-refractivity contribution in [3.63, 3.8) is 0 Å². The maximum Gasteiger partial charge on any atom is 1.00 e. The average Bonchev–Trinajstić information content (AvgIpc) is 3.34. The van der Waals surface area contributed by atoms with Crippen molar-refractivity contribution in [1.29, 1.82) is 0 Å². The van der Waals surface area contributed by atoms with Crippen LogP contribution in [0.4, 0.5) is 9.93 Å². The Hall–Kier alpha value is -2.86. The minimum absolute atomic E-state index is 0. The Morgan fingerprint density at radius 3 is 1.74 bits per heavy atom. The van der Waals surface area contributed by atoms with Crippen LogP contribution in [0.5, 0.6) is 0 Å². The SMILES string of the molecule is CC(C)(C)OC(=O)Nc1nc(/C(=N\OC(c2ccccc2)(c2ccccc2)c2ccccc2)C(=O)O)cs1.[H-].[K+]. The quantitative estimate of drug-likeness (QED) is 0.146. The van der Waals surface area contributed by atoms with Crippen LogP contribution in [0.3, 0.4) is 0 Å². The molecule has 0 fully saturated rings. The zero-order chi connectivity index (χ0) is 27.2. The predicted octanol–water partition coefficient (Wildman–Crippen LogP) is 3.40. The van der Waals surface area contributed by atoms with Crippen LogP contribution in [0, 0.1) is 0 Å². The summed E-state index contributed by atoms with van der Waals surface area (Å²) < 4.78 is 5.24. The first-order valence-corrected chi connectivity index (χ1v) is 12.7. The first-order chi connectivity index (χ1) is 18.2. The number of rotatable bonds is 8. The number of amides is 1. The molecule has 10 heteroatoms. The van der Waals surface area contributed by atoms with Crippen LogP contribution in [0.25, 0.3) is 0 Å². The van der Waals surface area contributed by atoms with Gasteiger partial charge in [-0.2, -0.15) is 0 Å². The third-order valence-electron chi connectivity index (χ3n) is 5.37. The molecule has 3 aromatic carbocycles. The number of thiazole rings is 1. The number of aliphatic carboxylic acids is 1. The molecule has 0 spiro atoms. The summed E-state index contributed by atoms with van der Waals surface area (Å²) in [4.78, 5) is 34.9. The van der Waals surface area contributed by atoms with Crippen molar-refractivity contribution in [1.82, 2.24) is 4.98 Å². The molecule has 1 amide bonds. The van der Waals surface area contributed by atoms with Gasteiger partial charge in [-0.1, -0.05) is 96.2 Å². The fourth-order valence-corrected chi connectivity index (χ4v) is 4.50. The number of carboxylic acids is 1. The Bertz CT molecular complexity index is 1330. The summed E-state index contributed by atoms with van der Waals surface area (Å²) in [6.07, 6.45) is -0.695. The fourth-order valence-electron chi connectivity index (χ4n) is 3.82. The van der Waals surface area contributed by atoms with Gasteiger partial charge in [0.1, 0.15) is 11.3 Å². The summed E-state index contributed by atoms with van der Waals surface area (Å²) in [6.45, 7) is 5.22. The standard InChI is InChI=1S/C29H27N3O5S.K.H/c1-28(2,3)36-27(35)31-26-30-23(19-38-26)24(25(33)34)32-37-29(20-13-7-4-8-14-20,21-15-9-5-10-16-21)22-17-11-6-12-18-22;;/h4-19H,1-3H3,(H,33,34)(H,30,31,35);;/q;+1;-1/b32-24+;;. The van der Waals surface area contributed by atoms with E-state index in [0.29, 0.717) is 0 Å². The Kier molecular flexibility index (Phi) is 10.6. The number of carbonyl (C=O) groups excluding carboxylic acids is 1. The normalized spacial score (nSPS) is 11.7. The monoisotopic (exact) mass is 569 g/mol. The van der Waals surface area contributed by atoms with Gasteiger partial charge >= 0.3 is 63.4 Å². The second-order valence-electron chi connectivity index (χ2n) is 9.28. The van der Waals surface area contributed by atoms with Crippen molar-refractivity contribution in [3.05, 3.63) is 119 Å². The van der Waals surface area contributed by atoms with Gasteiger partial charge in [0.25, 0.3) is 0 Å². The van der Waals surface area contributed by atoms with Gasteiger partial charge in [0.05, 0.1) is 0 Å². The van der Waals surface area contributed by atoms with Crippen LogP contribution in [0.1, 0.15) is 44.6 Å². The number of hydrogen-bond acceptors (Lipinski definition) is 7. The summed E-state index contributed by atoms with van der Waals surface area (Å²) in [5.74, 6) is -1.33. The summed E-state index contributed by atoms with van der Waals surface area (Å²) >= 11 is 1.05. The smallest absolute Gasteiger partial charge is 1.00 e. The van der Waals surface area contributed by atoms with E-state index in [1.54, 1.807) is 20.8 Å². The van der Waals surface area contributed by atoms with Gasteiger partial charge in [-0.15, -0.1) is 11.3 Å². The van der Waals surface area contributed by atoms with Gasteiger partial charge in [0.15, 0.2) is 5.13 Å². The molecule has 8 nitrogen and oxygen atoms in total. The van der Waals surface area contributed by atoms with Gasteiger partial charge in [-0.3, -0.25) is 5.32 Å². The van der Waals surface area contributed by atoms with Gasteiger partial charge in [-0.25, -0.2) is 14.6 Å². The van der Waals surface area contributed by atoms with Crippen molar-refractivity contribution in [2.24, 2.45) is 5.16 Å². The molecule has 1 heterocycles. The first-order valence-electron chi connectivity index (χ1n) is 11.8. The topological polar surface area (TPSA) is 110 Å². The van der Waals surface area contributed by atoms with E-state index in [2.05, 4.69) is 15.5 Å². The summed E-state index contributed by atoms with van der Waals surface area (Å²) in [6, 6.07) is 28.4. The number of oxime groups is 1. The molecule has 2 N–H and O–H groups in total. The number of anilines is 1. The summed E-state index contributed by atoms with van der Waals surface area (Å²) in [5.41, 5.74) is -0.0361. The molecule has 0 saturated carbocycles. The zero-order valence-electron chi connectivity index (χ0n) is 23.1. The Morgan fingerprint density at radius 2 is 1.33 bits per heavy atom. The molecule has 4 aromatic rings. The minimum Gasteiger partial charge on any atom is -1.00 e. The van der Waals surface area contributed by atoms with Crippen molar-refractivity contribution >= 4 is 34.2 Å². The van der Waals surface area contributed by atoms with Crippen molar-refractivity contribution in [2.45, 2.75) is 32.0 Å². The van der Waals surface area contributed by atoms with E-state index >= 15 is 0 Å². The van der Waals surface area contributed by atoms with Crippen molar-refractivity contribution in [3.8, 4) is 0 Å². The maximum absolute atomic E-state index is 12.3. The molecule has 0 aliphatic rings. The number of carboxylic acid groups (broad SMARTS) is 1. The molecule has 39 heavy (non-hydrogen) atoms. The van der Waals surface area contributed by atoms with Crippen LogP contribution in [-0.4, -0.2) is 33.5 Å². The molecule has 1 aromatic heterocycles. The zero-order valence-corrected chi connectivity index (χ0v) is 26.1. The van der Waals surface area contributed by atoms with Gasteiger partial charge in [0, 0.05) is 22.1 Å². The molecule has 196 valence electrons. The molecular weight excluding hydrogens is 542 g/mol. The number of aromatic nitrogens is 1. The van der Waals surface area contributed by atoms with Gasteiger partial charge < -0.3 is 16.1 Å². The molecule has 0 radical (unpaired) electrons. The summed E-state index contributed by atoms with van der Waals surface area (Å²) in [7, 11) is 0.